The number of nitrogens with one attached hydrogen (secondary N) is 3. The first kappa shape index (κ1) is 29.4. The third kappa shape index (κ3) is 6.09. The monoisotopic (exact) mass is 585 g/mol. The van der Waals surface area contributed by atoms with Gasteiger partial charge in [-0.15, -0.1) is 0 Å². The molecule has 216 valence electrons. The molecular formula is C25H28F5N7O2S. The molecule has 40 heavy (non-hydrogen) atoms. The Labute approximate surface area is 230 Å². The van der Waals surface area contributed by atoms with Crippen molar-refractivity contribution in [3.05, 3.63) is 45.7 Å². The number of fused-ring (bicyclic) bond motifs is 1. The van der Waals surface area contributed by atoms with Crippen LogP contribution in [0, 0.1) is 18.6 Å². The van der Waals surface area contributed by atoms with Crippen molar-refractivity contribution in [2.75, 3.05) is 24.1 Å². The Morgan fingerprint density at radius 1 is 1.27 bits per heavy atom. The SMILES string of the molecule is CCC1CNC(=O)c2c(nc(-c3cc(N)c(F)c(C)c3C(F)(F)F)c(F)c2NCc2ncns2)O[C@@H](C)CCN1. The molecule has 1 aliphatic rings. The zero-order chi connectivity index (χ0) is 29.2. The number of pyridine rings is 1. The number of carbonyl (C=O) groups is 1. The molecule has 0 aliphatic carbocycles. The van der Waals surface area contributed by atoms with Gasteiger partial charge in [0.1, 0.15) is 28.4 Å². The van der Waals surface area contributed by atoms with Gasteiger partial charge in [-0.3, -0.25) is 4.79 Å². The van der Waals surface area contributed by atoms with Gasteiger partial charge in [0.05, 0.1) is 29.6 Å². The van der Waals surface area contributed by atoms with Crippen LogP contribution in [0.2, 0.25) is 0 Å². The summed E-state index contributed by atoms with van der Waals surface area (Å²) >= 11 is 1.01. The zero-order valence-electron chi connectivity index (χ0n) is 21.9. The van der Waals surface area contributed by atoms with E-state index in [1.54, 1.807) is 6.92 Å². The first-order valence-corrected chi connectivity index (χ1v) is 13.3. The predicted octanol–water partition coefficient (Wildman–Crippen LogP) is 4.67. The number of hydrogen-bond acceptors (Lipinski definition) is 9. The third-order valence-electron chi connectivity index (χ3n) is 6.52. The van der Waals surface area contributed by atoms with Gasteiger partial charge in [0.15, 0.2) is 5.82 Å². The minimum absolute atomic E-state index is 0.0768. The second kappa shape index (κ2) is 11.9. The second-order valence-electron chi connectivity index (χ2n) is 9.33. The fraction of sp³-hybridized carbons (Fsp3) is 0.440. The lowest BCUT2D eigenvalue weighted by Gasteiger charge is -2.22. The van der Waals surface area contributed by atoms with Crippen LogP contribution in [0.25, 0.3) is 11.3 Å². The highest BCUT2D eigenvalue weighted by Crippen LogP contribution is 2.44. The van der Waals surface area contributed by atoms with Gasteiger partial charge in [0.25, 0.3) is 5.91 Å². The van der Waals surface area contributed by atoms with Crippen LogP contribution in [0.4, 0.5) is 33.3 Å². The molecule has 3 aromatic rings. The number of ether oxygens (including phenoxy) is 1. The van der Waals surface area contributed by atoms with Crippen molar-refractivity contribution in [1.82, 2.24) is 25.0 Å². The van der Waals surface area contributed by atoms with Crippen LogP contribution in [0.1, 0.15) is 53.2 Å². The van der Waals surface area contributed by atoms with E-state index < -0.39 is 63.6 Å². The summed E-state index contributed by atoms with van der Waals surface area (Å²) in [7, 11) is 0. The van der Waals surface area contributed by atoms with Crippen LogP contribution in [0.15, 0.2) is 12.4 Å². The van der Waals surface area contributed by atoms with E-state index in [1.165, 1.54) is 6.33 Å². The van der Waals surface area contributed by atoms with Gasteiger partial charge in [-0.1, -0.05) is 6.92 Å². The van der Waals surface area contributed by atoms with Crippen LogP contribution in [0.5, 0.6) is 5.88 Å². The van der Waals surface area contributed by atoms with Gasteiger partial charge in [-0.05, 0) is 56.4 Å². The number of nitrogens with two attached hydrogens (primary N) is 1. The normalized spacial score (nSPS) is 18.4. The molecule has 1 aromatic carbocycles. The molecule has 0 spiro atoms. The largest absolute Gasteiger partial charge is 0.474 e. The Bertz CT molecular complexity index is 1390. The van der Waals surface area contributed by atoms with Crippen molar-refractivity contribution in [3.8, 4) is 17.1 Å². The summed E-state index contributed by atoms with van der Waals surface area (Å²) < 4.78 is 83.2. The molecule has 3 heterocycles. The van der Waals surface area contributed by atoms with E-state index in [-0.39, 0.29) is 30.6 Å². The van der Waals surface area contributed by atoms with Crippen molar-refractivity contribution in [2.24, 2.45) is 0 Å². The van der Waals surface area contributed by atoms with E-state index in [1.807, 2.05) is 6.92 Å². The highest BCUT2D eigenvalue weighted by atomic mass is 32.1. The first-order valence-electron chi connectivity index (χ1n) is 12.5. The Hall–Kier alpha value is -3.59. The average Bonchev–Trinajstić information content (AvgIpc) is 3.40. The molecular weight excluding hydrogens is 557 g/mol. The maximum atomic E-state index is 16.3. The van der Waals surface area contributed by atoms with Gasteiger partial charge in [0, 0.05) is 18.2 Å². The molecule has 1 aliphatic heterocycles. The van der Waals surface area contributed by atoms with Crippen LogP contribution in [-0.4, -0.2) is 45.5 Å². The molecule has 0 radical (unpaired) electrons. The number of aromatic nitrogens is 3. The average molecular weight is 586 g/mol. The number of benzene rings is 1. The number of halogens is 5. The second-order valence-corrected chi connectivity index (χ2v) is 10.2. The minimum Gasteiger partial charge on any atom is -0.474 e. The van der Waals surface area contributed by atoms with Crippen molar-refractivity contribution in [1.29, 1.82) is 0 Å². The molecule has 4 rings (SSSR count). The Balaban J connectivity index is 1.98. The summed E-state index contributed by atoms with van der Waals surface area (Å²) in [5, 5.41) is 9.23. The molecule has 0 saturated carbocycles. The standard InChI is InChI=1S/C25H28F5N7O2S/c1-4-13-8-34-23(38)17-22(33-9-16-35-10-36-40-16)20(27)21(37-24(17)39-11(2)5-6-32-13)14-7-15(31)19(26)12(3)18(14)25(28,29)30/h7,10-11,13,32H,4-6,8-9,31H2,1-3H3,(H,33,37)(H,34,38)/t11-,13?/m0/s1. The molecule has 2 aromatic heterocycles. The van der Waals surface area contributed by atoms with E-state index in [0.717, 1.165) is 18.5 Å². The number of alkyl halides is 3. The number of hydrogen-bond donors (Lipinski definition) is 4. The molecule has 15 heteroatoms. The number of carbonyl (C=O) groups excluding carboxylic acids is 1. The highest BCUT2D eigenvalue weighted by Gasteiger charge is 2.39. The van der Waals surface area contributed by atoms with Crippen LogP contribution < -0.4 is 26.4 Å². The van der Waals surface area contributed by atoms with Gasteiger partial charge >= 0.3 is 6.18 Å². The van der Waals surface area contributed by atoms with Crippen molar-refractivity contribution in [3.63, 3.8) is 0 Å². The number of nitrogen functional groups attached to an aromatic ring is 1. The lowest BCUT2D eigenvalue weighted by atomic mass is 9.95. The molecule has 1 unspecified atom stereocenters. The van der Waals surface area contributed by atoms with Crippen molar-refractivity contribution in [2.45, 2.75) is 58.5 Å². The quantitative estimate of drug-likeness (QED) is 0.252. The fourth-order valence-corrected chi connectivity index (χ4v) is 4.84. The molecule has 0 fully saturated rings. The summed E-state index contributed by atoms with van der Waals surface area (Å²) in [5.41, 5.74) is 0.424. The summed E-state index contributed by atoms with van der Waals surface area (Å²) in [6, 6.07) is 0.606. The topological polar surface area (TPSA) is 127 Å². The summed E-state index contributed by atoms with van der Waals surface area (Å²) in [6.07, 6.45) is -3.19. The molecule has 1 amide bonds. The summed E-state index contributed by atoms with van der Waals surface area (Å²) in [5.74, 6) is -3.67. The van der Waals surface area contributed by atoms with Gasteiger partial charge in [-0.25, -0.2) is 18.7 Å². The van der Waals surface area contributed by atoms with Crippen LogP contribution >= 0.6 is 11.5 Å². The number of nitrogens with zero attached hydrogens (tertiary/aromatic N) is 3. The molecule has 2 atom stereocenters. The highest BCUT2D eigenvalue weighted by molar-refractivity contribution is 7.05. The maximum absolute atomic E-state index is 16.3. The van der Waals surface area contributed by atoms with E-state index in [9.17, 15) is 22.4 Å². The fourth-order valence-electron chi connectivity index (χ4n) is 4.40. The minimum atomic E-state index is -5.08. The zero-order valence-corrected chi connectivity index (χ0v) is 22.7. The molecule has 0 saturated heterocycles. The smallest absolute Gasteiger partial charge is 0.417 e. The Morgan fingerprint density at radius 3 is 2.67 bits per heavy atom. The lowest BCUT2D eigenvalue weighted by Crippen LogP contribution is -2.41. The van der Waals surface area contributed by atoms with E-state index >= 15 is 4.39 Å². The number of amides is 1. The number of rotatable bonds is 5. The van der Waals surface area contributed by atoms with Gasteiger partial charge in [-0.2, -0.15) is 17.5 Å². The number of anilines is 2. The maximum Gasteiger partial charge on any atom is 0.417 e. The molecule has 0 bridgehead atoms. The Kier molecular flexibility index (Phi) is 8.73. The van der Waals surface area contributed by atoms with Crippen LogP contribution in [0.3, 0.4) is 0 Å². The molecule has 9 nitrogen and oxygen atoms in total. The lowest BCUT2D eigenvalue weighted by molar-refractivity contribution is -0.137. The van der Waals surface area contributed by atoms with Crippen molar-refractivity contribution < 1.29 is 31.5 Å². The predicted molar refractivity (Wildman–Crippen MR) is 140 cm³/mol. The summed E-state index contributed by atoms with van der Waals surface area (Å²) in [4.78, 5) is 21.5. The van der Waals surface area contributed by atoms with E-state index in [0.29, 0.717) is 30.5 Å². The van der Waals surface area contributed by atoms with E-state index in [4.69, 9.17) is 10.5 Å². The van der Waals surface area contributed by atoms with Gasteiger partial charge < -0.3 is 26.4 Å². The Morgan fingerprint density at radius 2 is 2.02 bits per heavy atom. The van der Waals surface area contributed by atoms with Gasteiger partial charge in [0.2, 0.25) is 5.88 Å². The summed E-state index contributed by atoms with van der Waals surface area (Å²) in [6.45, 7) is 5.16. The van der Waals surface area contributed by atoms with Crippen LogP contribution in [-0.2, 0) is 12.7 Å². The van der Waals surface area contributed by atoms with E-state index in [2.05, 4.69) is 30.3 Å². The molecule has 5 N–H and O–H groups in total. The first-order chi connectivity index (χ1) is 18.9. The van der Waals surface area contributed by atoms with Crippen molar-refractivity contribution >= 4 is 28.8 Å². The third-order valence-corrected chi connectivity index (χ3v) is 7.18.